The Kier molecular flexibility index (Phi) is 6.95. The molecule has 1 atom stereocenters. The fourth-order valence-corrected chi connectivity index (χ4v) is 1.85. The minimum Gasteiger partial charge on any atom is -0.390 e. The van der Waals surface area contributed by atoms with Crippen molar-refractivity contribution in [1.29, 1.82) is 0 Å². The van der Waals surface area contributed by atoms with Gasteiger partial charge in [0, 0.05) is 24.0 Å². The van der Waals surface area contributed by atoms with Gasteiger partial charge >= 0.3 is 0 Å². The number of methoxy groups -OCH3 is 1. The number of nitrogen functional groups attached to an aromatic ring is 1. The lowest BCUT2D eigenvalue weighted by atomic mass is 10.4. The van der Waals surface area contributed by atoms with Crippen molar-refractivity contribution in [2.24, 2.45) is 0 Å². The van der Waals surface area contributed by atoms with E-state index in [9.17, 15) is 5.11 Å². The van der Waals surface area contributed by atoms with Crippen LogP contribution in [0.15, 0.2) is 23.2 Å². The van der Waals surface area contributed by atoms with E-state index in [1.165, 1.54) is 11.8 Å². The molecule has 0 aliphatic carbocycles. The summed E-state index contributed by atoms with van der Waals surface area (Å²) in [5.74, 6) is 1.07. The lowest BCUT2D eigenvalue weighted by molar-refractivity contribution is 0.0218. The van der Waals surface area contributed by atoms with E-state index in [1.54, 1.807) is 19.4 Å². The summed E-state index contributed by atoms with van der Waals surface area (Å²) in [5.41, 5.74) is 5.48. The maximum absolute atomic E-state index is 9.63. The van der Waals surface area contributed by atoms with Gasteiger partial charge in [0.05, 0.1) is 25.9 Å². The van der Waals surface area contributed by atoms with Crippen LogP contribution in [0.1, 0.15) is 0 Å². The van der Waals surface area contributed by atoms with Crippen LogP contribution in [0, 0.1) is 0 Å². The summed E-state index contributed by atoms with van der Waals surface area (Å²) in [6, 6.07) is 3.62. The van der Waals surface area contributed by atoms with Crippen molar-refractivity contribution < 1.29 is 14.6 Å². The molecule has 0 radical (unpaired) electrons. The molecule has 0 saturated carbocycles. The van der Waals surface area contributed by atoms with Crippen molar-refractivity contribution in [1.82, 2.24) is 4.98 Å². The van der Waals surface area contributed by atoms with Crippen LogP contribution in [0.4, 0.5) is 5.82 Å². The zero-order valence-electron chi connectivity index (χ0n) is 9.83. The average molecular weight is 258 g/mol. The van der Waals surface area contributed by atoms with Crippen LogP contribution in [0.2, 0.25) is 0 Å². The molecule has 1 aromatic rings. The van der Waals surface area contributed by atoms with Crippen LogP contribution in [-0.2, 0) is 9.47 Å². The monoisotopic (exact) mass is 258 g/mol. The first-order valence-electron chi connectivity index (χ1n) is 5.31. The van der Waals surface area contributed by atoms with Crippen LogP contribution in [0.5, 0.6) is 0 Å². The Morgan fingerprint density at radius 2 is 2.29 bits per heavy atom. The van der Waals surface area contributed by atoms with Crippen molar-refractivity contribution >= 4 is 17.6 Å². The highest BCUT2D eigenvalue weighted by Crippen LogP contribution is 2.18. The SMILES string of the molecule is COCCOCC(O)CSc1ccc(N)nc1. The molecular weight excluding hydrogens is 240 g/mol. The van der Waals surface area contributed by atoms with Gasteiger partial charge in [-0.3, -0.25) is 0 Å². The van der Waals surface area contributed by atoms with Crippen molar-refractivity contribution in [2.45, 2.75) is 11.0 Å². The minimum atomic E-state index is -0.491. The minimum absolute atomic E-state index is 0.318. The van der Waals surface area contributed by atoms with E-state index in [2.05, 4.69) is 4.98 Å². The quantitative estimate of drug-likeness (QED) is 0.530. The van der Waals surface area contributed by atoms with Crippen LogP contribution >= 0.6 is 11.8 Å². The second kappa shape index (κ2) is 8.30. The highest BCUT2D eigenvalue weighted by Gasteiger charge is 2.05. The fourth-order valence-electron chi connectivity index (χ4n) is 1.08. The third-order valence-electron chi connectivity index (χ3n) is 1.94. The molecule has 1 aromatic heterocycles. The van der Waals surface area contributed by atoms with E-state index in [-0.39, 0.29) is 0 Å². The van der Waals surface area contributed by atoms with Gasteiger partial charge in [-0.2, -0.15) is 0 Å². The molecule has 0 spiro atoms. The van der Waals surface area contributed by atoms with Crippen LogP contribution in [0.25, 0.3) is 0 Å². The number of hydrogen-bond donors (Lipinski definition) is 2. The summed E-state index contributed by atoms with van der Waals surface area (Å²) < 4.78 is 10.1. The maximum atomic E-state index is 9.63. The van der Waals surface area contributed by atoms with Crippen LogP contribution in [0.3, 0.4) is 0 Å². The highest BCUT2D eigenvalue weighted by molar-refractivity contribution is 7.99. The molecule has 6 heteroatoms. The Balaban J connectivity index is 2.14. The third-order valence-corrected chi connectivity index (χ3v) is 3.07. The fraction of sp³-hybridized carbons (Fsp3) is 0.545. The van der Waals surface area contributed by atoms with Gasteiger partial charge in [-0.1, -0.05) is 0 Å². The summed E-state index contributed by atoms with van der Waals surface area (Å²) >= 11 is 1.52. The molecule has 0 saturated heterocycles. The number of rotatable bonds is 8. The van der Waals surface area contributed by atoms with E-state index >= 15 is 0 Å². The molecule has 96 valence electrons. The van der Waals surface area contributed by atoms with Crippen molar-refractivity contribution in [2.75, 3.05) is 38.4 Å². The number of ether oxygens (including phenoxy) is 2. The first kappa shape index (κ1) is 14.2. The Morgan fingerprint density at radius 1 is 1.47 bits per heavy atom. The number of anilines is 1. The zero-order valence-corrected chi connectivity index (χ0v) is 10.7. The van der Waals surface area contributed by atoms with Gasteiger partial charge in [-0.15, -0.1) is 11.8 Å². The van der Waals surface area contributed by atoms with Crippen molar-refractivity contribution in [3.8, 4) is 0 Å². The predicted molar refractivity (Wildman–Crippen MR) is 68.1 cm³/mol. The normalized spacial score (nSPS) is 12.6. The largest absolute Gasteiger partial charge is 0.390 e. The molecule has 17 heavy (non-hydrogen) atoms. The molecule has 5 nitrogen and oxygen atoms in total. The highest BCUT2D eigenvalue weighted by atomic mass is 32.2. The molecule has 0 aliphatic rings. The van der Waals surface area contributed by atoms with Crippen LogP contribution < -0.4 is 5.73 Å². The first-order chi connectivity index (χ1) is 8.22. The second-order valence-electron chi connectivity index (χ2n) is 3.45. The van der Waals surface area contributed by atoms with Gasteiger partial charge < -0.3 is 20.3 Å². The van der Waals surface area contributed by atoms with Gasteiger partial charge in [0.15, 0.2) is 0 Å². The van der Waals surface area contributed by atoms with Gasteiger partial charge in [0.25, 0.3) is 0 Å². The van der Waals surface area contributed by atoms with E-state index in [0.717, 1.165) is 4.90 Å². The number of aliphatic hydroxyl groups excluding tert-OH is 1. The van der Waals surface area contributed by atoms with E-state index in [4.69, 9.17) is 15.2 Å². The topological polar surface area (TPSA) is 77.6 Å². The smallest absolute Gasteiger partial charge is 0.123 e. The molecule has 0 aromatic carbocycles. The van der Waals surface area contributed by atoms with E-state index < -0.39 is 6.10 Å². The lowest BCUT2D eigenvalue weighted by Crippen LogP contribution is -2.19. The van der Waals surface area contributed by atoms with Crippen molar-refractivity contribution in [3.05, 3.63) is 18.3 Å². The average Bonchev–Trinajstić information content (AvgIpc) is 2.34. The summed E-state index contributed by atoms with van der Waals surface area (Å²) in [6.45, 7) is 1.36. The number of pyridine rings is 1. The Morgan fingerprint density at radius 3 is 2.94 bits per heavy atom. The molecule has 1 unspecified atom stereocenters. The van der Waals surface area contributed by atoms with Gasteiger partial charge in [-0.25, -0.2) is 4.98 Å². The molecular formula is C11H18N2O3S. The maximum Gasteiger partial charge on any atom is 0.123 e. The van der Waals surface area contributed by atoms with Crippen LogP contribution in [-0.4, -0.2) is 48.9 Å². The van der Waals surface area contributed by atoms with E-state index in [0.29, 0.717) is 31.4 Å². The summed E-state index contributed by atoms with van der Waals surface area (Å²) in [5, 5.41) is 9.63. The molecule has 0 aliphatic heterocycles. The van der Waals surface area contributed by atoms with Gasteiger partial charge in [-0.05, 0) is 12.1 Å². The second-order valence-corrected chi connectivity index (χ2v) is 4.54. The summed E-state index contributed by atoms with van der Waals surface area (Å²) in [4.78, 5) is 4.95. The number of aromatic nitrogens is 1. The molecule has 3 N–H and O–H groups in total. The Bertz CT molecular complexity index is 308. The predicted octanol–water partition coefficient (Wildman–Crippen LogP) is 0.780. The standard InChI is InChI=1S/C11H18N2O3S/c1-15-4-5-16-7-9(14)8-17-10-2-3-11(12)13-6-10/h2-3,6,9,14H,4-5,7-8H2,1H3,(H2,12,13). The van der Waals surface area contributed by atoms with Gasteiger partial charge in [0.2, 0.25) is 0 Å². The molecule has 1 heterocycles. The molecule has 0 amide bonds. The number of thioether (sulfide) groups is 1. The number of hydrogen-bond acceptors (Lipinski definition) is 6. The van der Waals surface area contributed by atoms with Gasteiger partial charge in [0.1, 0.15) is 5.82 Å². The summed E-state index contributed by atoms with van der Waals surface area (Å²) in [7, 11) is 1.61. The number of nitrogens with zero attached hydrogens (tertiary/aromatic N) is 1. The van der Waals surface area contributed by atoms with Crippen molar-refractivity contribution in [3.63, 3.8) is 0 Å². The Labute approximate surface area is 105 Å². The number of aliphatic hydroxyl groups is 1. The third kappa shape index (κ3) is 6.48. The Hall–Kier alpha value is -0.820. The zero-order chi connectivity index (χ0) is 12.5. The molecule has 0 bridgehead atoms. The van der Waals surface area contributed by atoms with E-state index in [1.807, 2.05) is 6.07 Å². The first-order valence-corrected chi connectivity index (χ1v) is 6.30. The molecule has 0 fully saturated rings. The lowest BCUT2D eigenvalue weighted by Gasteiger charge is -2.10. The molecule has 1 rings (SSSR count). The number of nitrogens with two attached hydrogens (primary N) is 1. The summed E-state index contributed by atoms with van der Waals surface area (Å²) in [6.07, 6.45) is 1.20.